The highest BCUT2D eigenvalue weighted by atomic mass is 79.9. The Hall–Kier alpha value is -2.38. The molecule has 0 saturated heterocycles. The number of halogens is 1. The predicted octanol–water partition coefficient (Wildman–Crippen LogP) is 5.48. The first-order valence-electron chi connectivity index (χ1n) is 8.30. The fourth-order valence-electron chi connectivity index (χ4n) is 2.69. The van der Waals surface area contributed by atoms with E-state index in [1.165, 1.54) is 11.3 Å². The second-order valence-electron chi connectivity index (χ2n) is 5.69. The molecule has 0 aliphatic rings. The normalized spacial score (nSPS) is 11.6. The molecule has 0 spiro atoms. The molecule has 0 radical (unpaired) electrons. The van der Waals surface area contributed by atoms with E-state index in [1.807, 2.05) is 49.4 Å². The van der Waals surface area contributed by atoms with E-state index in [-0.39, 0.29) is 6.42 Å². The van der Waals surface area contributed by atoms with E-state index in [0.29, 0.717) is 28.7 Å². The summed E-state index contributed by atoms with van der Waals surface area (Å²) in [5.74, 6) is 0.298. The first kappa shape index (κ1) is 19.4. The number of aromatic nitrogens is 1. The maximum absolute atomic E-state index is 11.4. The van der Waals surface area contributed by atoms with Crippen molar-refractivity contribution in [2.45, 2.75) is 13.3 Å². The molecular formula is C20H18BrNO4S. The van der Waals surface area contributed by atoms with Crippen molar-refractivity contribution in [2.75, 3.05) is 13.7 Å². The molecule has 0 aliphatic heterocycles. The van der Waals surface area contributed by atoms with E-state index in [4.69, 9.17) is 9.47 Å². The molecule has 0 fully saturated rings. The number of fused-ring (bicyclic) bond motifs is 1. The number of benzene rings is 2. The van der Waals surface area contributed by atoms with Crippen LogP contribution in [0.25, 0.3) is 21.9 Å². The minimum absolute atomic E-state index is 0.118. The quantitative estimate of drug-likeness (QED) is 0.518. The zero-order valence-electron chi connectivity index (χ0n) is 14.9. The minimum atomic E-state index is -0.905. The van der Waals surface area contributed by atoms with Crippen LogP contribution in [0.4, 0.5) is 0 Å². The Balaban J connectivity index is 2.09. The maximum atomic E-state index is 11.4. The summed E-state index contributed by atoms with van der Waals surface area (Å²) >= 11 is 4.97. The van der Waals surface area contributed by atoms with E-state index < -0.39 is 5.97 Å². The predicted molar refractivity (Wildman–Crippen MR) is 112 cm³/mol. The van der Waals surface area contributed by atoms with E-state index in [2.05, 4.69) is 20.9 Å². The SMILES string of the molecule is CCOc1cc(C=C(CC(=O)O)c2nc3ccccc3s2)cc(Br)c1OC. The van der Waals surface area contributed by atoms with Gasteiger partial charge in [0.25, 0.3) is 0 Å². The van der Waals surface area contributed by atoms with Crippen LogP contribution in [0, 0.1) is 0 Å². The van der Waals surface area contributed by atoms with Crippen LogP contribution >= 0.6 is 27.3 Å². The molecular weight excluding hydrogens is 430 g/mol. The number of carboxylic acid groups (broad SMARTS) is 1. The average Bonchev–Trinajstić information content (AvgIpc) is 3.05. The van der Waals surface area contributed by atoms with E-state index in [1.54, 1.807) is 7.11 Å². The van der Waals surface area contributed by atoms with Gasteiger partial charge in [0, 0.05) is 0 Å². The standard InChI is InChI=1S/C20H18BrNO4S/c1-3-26-16-10-12(9-14(21)19(16)25-2)8-13(11-18(23)24)20-22-15-6-4-5-7-17(15)27-20/h4-10H,3,11H2,1-2H3,(H,23,24). The molecule has 0 amide bonds. The van der Waals surface area contributed by atoms with Gasteiger partial charge in [-0.2, -0.15) is 0 Å². The lowest BCUT2D eigenvalue weighted by molar-refractivity contribution is -0.135. The van der Waals surface area contributed by atoms with Gasteiger partial charge >= 0.3 is 5.97 Å². The van der Waals surface area contributed by atoms with Gasteiger partial charge in [0.1, 0.15) is 5.01 Å². The number of carboxylic acids is 1. The molecule has 1 aromatic heterocycles. The number of hydrogen-bond donors (Lipinski definition) is 1. The van der Waals surface area contributed by atoms with Crippen molar-refractivity contribution in [3.63, 3.8) is 0 Å². The fourth-order valence-corrected chi connectivity index (χ4v) is 4.30. The van der Waals surface area contributed by atoms with Crippen LogP contribution in [0.5, 0.6) is 11.5 Å². The van der Waals surface area contributed by atoms with Gasteiger partial charge in [-0.1, -0.05) is 12.1 Å². The molecule has 1 heterocycles. The van der Waals surface area contributed by atoms with Crippen molar-refractivity contribution in [2.24, 2.45) is 0 Å². The Morgan fingerprint density at radius 2 is 2.11 bits per heavy atom. The fraction of sp³-hybridized carbons (Fsp3) is 0.200. The third kappa shape index (κ3) is 4.48. The number of aliphatic carboxylic acids is 1. The van der Waals surface area contributed by atoms with Gasteiger partial charge in [0.05, 0.1) is 34.8 Å². The van der Waals surface area contributed by atoms with Gasteiger partial charge in [-0.15, -0.1) is 11.3 Å². The number of thiazole rings is 1. The lowest BCUT2D eigenvalue weighted by atomic mass is 10.1. The molecule has 27 heavy (non-hydrogen) atoms. The van der Waals surface area contributed by atoms with E-state index in [0.717, 1.165) is 20.3 Å². The van der Waals surface area contributed by atoms with Crippen molar-refractivity contribution >= 4 is 55.1 Å². The topological polar surface area (TPSA) is 68.7 Å². The molecule has 0 bridgehead atoms. The molecule has 2 aromatic carbocycles. The Kier molecular flexibility index (Phi) is 6.13. The van der Waals surface area contributed by atoms with E-state index >= 15 is 0 Å². The Morgan fingerprint density at radius 1 is 1.33 bits per heavy atom. The van der Waals surface area contributed by atoms with Gasteiger partial charge in [-0.25, -0.2) is 4.98 Å². The zero-order chi connectivity index (χ0) is 19.4. The van der Waals surface area contributed by atoms with Gasteiger partial charge in [-0.3, -0.25) is 4.79 Å². The van der Waals surface area contributed by atoms with Crippen LogP contribution in [-0.2, 0) is 4.79 Å². The summed E-state index contributed by atoms with van der Waals surface area (Å²) < 4.78 is 12.8. The van der Waals surface area contributed by atoms with Crippen LogP contribution in [0.15, 0.2) is 40.9 Å². The Labute approximate surface area is 169 Å². The number of carbonyl (C=O) groups is 1. The zero-order valence-corrected chi connectivity index (χ0v) is 17.3. The third-order valence-electron chi connectivity index (χ3n) is 3.79. The summed E-state index contributed by atoms with van der Waals surface area (Å²) in [7, 11) is 1.58. The van der Waals surface area contributed by atoms with Crippen LogP contribution < -0.4 is 9.47 Å². The summed E-state index contributed by atoms with van der Waals surface area (Å²) in [6.45, 7) is 2.39. The van der Waals surface area contributed by atoms with Crippen LogP contribution in [0.1, 0.15) is 23.9 Å². The molecule has 0 unspecified atom stereocenters. The van der Waals surface area contributed by atoms with Crippen molar-refractivity contribution in [3.05, 3.63) is 51.4 Å². The second-order valence-corrected chi connectivity index (χ2v) is 7.58. The van der Waals surface area contributed by atoms with Crippen LogP contribution in [0.3, 0.4) is 0 Å². The highest BCUT2D eigenvalue weighted by molar-refractivity contribution is 9.10. The number of ether oxygens (including phenoxy) is 2. The molecule has 7 heteroatoms. The molecule has 1 N–H and O–H groups in total. The first-order valence-corrected chi connectivity index (χ1v) is 9.91. The van der Waals surface area contributed by atoms with Crippen molar-refractivity contribution in [3.8, 4) is 11.5 Å². The minimum Gasteiger partial charge on any atom is -0.492 e. The monoisotopic (exact) mass is 447 g/mol. The second kappa shape index (κ2) is 8.54. The van der Waals surface area contributed by atoms with E-state index in [9.17, 15) is 9.90 Å². The lowest BCUT2D eigenvalue weighted by Crippen LogP contribution is -1.98. The number of hydrogen-bond acceptors (Lipinski definition) is 5. The van der Waals surface area contributed by atoms with Gasteiger partial charge in [0.2, 0.25) is 0 Å². The summed E-state index contributed by atoms with van der Waals surface area (Å²) in [5, 5.41) is 10.1. The number of methoxy groups -OCH3 is 1. The highest BCUT2D eigenvalue weighted by Gasteiger charge is 2.15. The van der Waals surface area contributed by atoms with Crippen molar-refractivity contribution in [1.82, 2.24) is 4.98 Å². The summed E-state index contributed by atoms with van der Waals surface area (Å²) in [6.07, 6.45) is 1.71. The summed E-state index contributed by atoms with van der Waals surface area (Å²) in [4.78, 5) is 16.0. The molecule has 5 nitrogen and oxygen atoms in total. The lowest BCUT2D eigenvalue weighted by Gasteiger charge is -2.12. The first-order chi connectivity index (χ1) is 13.0. The van der Waals surface area contributed by atoms with Crippen LogP contribution in [-0.4, -0.2) is 29.8 Å². The average molecular weight is 448 g/mol. The highest BCUT2D eigenvalue weighted by Crippen LogP contribution is 2.38. The summed E-state index contributed by atoms with van der Waals surface area (Å²) in [5.41, 5.74) is 2.31. The molecule has 3 rings (SSSR count). The van der Waals surface area contributed by atoms with Gasteiger partial charge < -0.3 is 14.6 Å². The molecule has 3 aromatic rings. The largest absolute Gasteiger partial charge is 0.492 e. The van der Waals surface area contributed by atoms with Gasteiger partial charge in [-0.05, 0) is 64.3 Å². The van der Waals surface area contributed by atoms with Crippen molar-refractivity contribution in [1.29, 1.82) is 0 Å². The Bertz CT molecular complexity index is 979. The summed E-state index contributed by atoms with van der Waals surface area (Å²) in [6, 6.07) is 11.5. The molecule has 140 valence electrons. The number of nitrogens with zero attached hydrogens (tertiary/aromatic N) is 1. The Morgan fingerprint density at radius 3 is 2.78 bits per heavy atom. The number of rotatable bonds is 7. The van der Waals surface area contributed by atoms with Crippen molar-refractivity contribution < 1.29 is 19.4 Å². The molecule has 0 atom stereocenters. The smallest absolute Gasteiger partial charge is 0.307 e. The van der Waals surface area contributed by atoms with Gasteiger partial charge in [0.15, 0.2) is 11.5 Å². The maximum Gasteiger partial charge on any atom is 0.307 e. The number of para-hydroxylation sites is 1. The third-order valence-corrected chi connectivity index (χ3v) is 5.49. The molecule has 0 saturated carbocycles. The van der Waals surface area contributed by atoms with Crippen LogP contribution in [0.2, 0.25) is 0 Å². The molecule has 0 aliphatic carbocycles.